The number of benzene rings is 1. The van der Waals surface area contributed by atoms with Gasteiger partial charge in [-0.15, -0.1) is 0 Å². The third kappa shape index (κ3) is 5.52. The minimum absolute atomic E-state index is 0.0538. The standard InChI is InChI=1S/C15H16ClN3O4S2/c1-2-7-18-15(20)25(21,22)19-13-10-17-8-6-14(13)23-11-4-3-5-12(9-11)24-16/h3-6,8-10,19H,2,7H2,1H3,(H,18,20). The Morgan fingerprint density at radius 3 is 2.88 bits per heavy atom. The maximum absolute atomic E-state index is 12.1. The maximum Gasteiger partial charge on any atom is 0.357 e. The van der Waals surface area contributed by atoms with Crippen LogP contribution in [0, 0.1) is 0 Å². The number of nitrogens with one attached hydrogen (secondary N) is 2. The van der Waals surface area contributed by atoms with Gasteiger partial charge in [-0.25, -0.2) is 0 Å². The molecule has 1 amide bonds. The van der Waals surface area contributed by atoms with E-state index in [1.165, 1.54) is 18.5 Å². The summed E-state index contributed by atoms with van der Waals surface area (Å²) in [5, 5.41) is 1.20. The van der Waals surface area contributed by atoms with Crippen LogP contribution in [0.25, 0.3) is 0 Å². The molecule has 0 unspecified atom stereocenters. The molecule has 0 atom stereocenters. The normalized spacial score (nSPS) is 11.0. The van der Waals surface area contributed by atoms with E-state index in [-0.39, 0.29) is 18.0 Å². The Balaban J connectivity index is 2.21. The number of halogens is 1. The van der Waals surface area contributed by atoms with Crippen molar-refractivity contribution < 1.29 is 17.9 Å². The number of carbonyl (C=O) groups excluding carboxylic acids is 1. The molecule has 0 fully saturated rings. The Morgan fingerprint density at radius 1 is 1.36 bits per heavy atom. The summed E-state index contributed by atoms with van der Waals surface area (Å²) in [6.45, 7) is 2.08. The van der Waals surface area contributed by atoms with Crippen molar-refractivity contribution >= 4 is 42.6 Å². The van der Waals surface area contributed by atoms with Crippen LogP contribution < -0.4 is 14.8 Å². The Labute approximate surface area is 154 Å². The predicted octanol–water partition coefficient (Wildman–Crippen LogP) is 3.98. The second-order valence-corrected chi connectivity index (χ2v) is 7.52. The van der Waals surface area contributed by atoms with Crippen molar-refractivity contribution in [1.82, 2.24) is 10.3 Å². The quantitative estimate of drug-likeness (QED) is 0.728. The number of hydrogen-bond acceptors (Lipinski definition) is 6. The molecule has 10 heteroatoms. The molecule has 1 aromatic carbocycles. The van der Waals surface area contributed by atoms with Crippen molar-refractivity contribution in [2.45, 2.75) is 18.2 Å². The maximum atomic E-state index is 12.1. The van der Waals surface area contributed by atoms with Crippen LogP contribution in [-0.2, 0) is 10.0 Å². The molecule has 0 spiro atoms. The lowest BCUT2D eigenvalue weighted by Gasteiger charge is -2.13. The number of rotatable bonds is 7. The van der Waals surface area contributed by atoms with Gasteiger partial charge in [0.2, 0.25) is 0 Å². The highest BCUT2D eigenvalue weighted by Crippen LogP contribution is 2.32. The molecule has 0 saturated heterocycles. The molecule has 2 aromatic rings. The molecule has 134 valence electrons. The summed E-state index contributed by atoms with van der Waals surface area (Å²) >= 11 is 0. The van der Waals surface area contributed by atoms with Crippen LogP contribution in [0.3, 0.4) is 0 Å². The molecule has 0 aliphatic carbocycles. The molecular weight excluding hydrogens is 386 g/mol. The average molecular weight is 402 g/mol. The summed E-state index contributed by atoms with van der Waals surface area (Å²) in [5.41, 5.74) is 0.0538. The number of sulfonamides is 1. The molecule has 2 rings (SSSR count). The lowest BCUT2D eigenvalue weighted by atomic mass is 10.3. The van der Waals surface area contributed by atoms with Crippen LogP contribution in [0.2, 0.25) is 0 Å². The van der Waals surface area contributed by atoms with Gasteiger partial charge in [0.05, 0.1) is 6.20 Å². The Morgan fingerprint density at radius 2 is 2.16 bits per heavy atom. The van der Waals surface area contributed by atoms with Crippen LogP contribution in [0.4, 0.5) is 10.5 Å². The number of nitrogens with zero attached hydrogens (tertiary/aromatic N) is 1. The van der Waals surface area contributed by atoms with Crippen LogP contribution in [0.15, 0.2) is 47.6 Å². The first-order chi connectivity index (χ1) is 12.0. The third-order valence-corrected chi connectivity index (χ3v) is 5.00. The zero-order valence-electron chi connectivity index (χ0n) is 13.2. The molecule has 0 aliphatic heterocycles. The van der Waals surface area contributed by atoms with Gasteiger partial charge in [-0.2, -0.15) is 8.42 Å². The zero-order chi connectivity index (χ0) is 18.3. The van der Waals surface area contributed by atoms with Gasteiger partial charge in [0, 0.05) is 23.7 Å². The number of pyridine rings is 1. The smallest absolute Gasteiger partial charge is 0.357 e. The Hall–Kier alpha value is -1.97. The minimum atomic E-state index is -4.26. The van der Waals surface area contributed by atoms with Crippen LogP contribution in [0.5, 0.6) is 11.5 Å². The van der Waals surface area contributed by atoms with E-state index in [1.54, 1.807) is 24.3 Å². The molecule has 0 bridgehead atoms. The van der Waals surface area contributed by atoms with Crippen LogP contribution >= 0.6 is 21.7 Å². The van der Waals surface area contributed by atoms with Gasteiger partial charge in [-0.3, -0.25) is 14.5 Å². The van der Waals surface area contributed by atoms with Gasteiger partial charge < -0.3 is 10.1 Å². The summed E-state index contributed by atoms with van der Waals surface area (Å²) in [6.07, 6.45) is 3.34. The van der Waals surface area contributed by atoms with Gasteiger partial charge in [0.1, 0.15) is 11.4 Å². The van der Waals surface area contributed by atoms with Crippen molar-refractivity contribution in [2.75, 3.05) is 11.3 Å². The van der Waals surface area contributed by atoms with Gasteiger partial charge in [0.25, 0.3) is 0 Å². The molecule has 0 aliphatic rings. The van der Waals surface area contributed by atoms with E-state index in [2.05, 4.69) is 15.0 Å². The summed E-state index contributed by atoms with van der Waals surface area (Å²) in [4.78, 5) is 16.4. The van der Waals surface area contributed by atoms with Gasteiger partial charge >= 0.3 is 15.3 Å². The van der Waals surface area contributed by atoms with Crippen molar-refractivity contribution in [1.29, 1.82) is 0 Å². The first-order valence-corrected chi connectivity index (χ1v) is 10.4. The summed E-state index contributed by atoms with van der Waals surface area (Å²) in [6, 6.07) is 8.44. The van der Waals surface area contributed by atoms with Crippen molar-refractivity contribution in [3.05, 3.63) is 42.7 Å². The molecule has 1 heterocycles. The van der Waals surface area contributed by atoms with Crippen LogP contribution in [-0.4, -0.2) is 25.2 Å². The van der Waals surface area contributed by atoms with Crippen molar-refractivity contribution in [2.24, 2.45) is 0 Å². The number of ether oxygens (including phenoxy) is 1. The lowest BCUT2D eigenvalue weighted by Crippen LogP contribution is -2.34. The summed E-state index contributed by atoms with van der Waals surface area (Å²) in [5.74, 6) is 0.673. The van der Waals surface area contributed by atoms with Crippen LogP contribution in [0.1, 0.15) is 13.3 Å². The number of hydrogen-bond donors (Lipinski definition) is 2. The van der Waals surface area contributed by atoms with E-state index < -0.39 is 15.3 Å². The second-order valence-electron chi connectivity index (χ2n) is 4.85. The van der Waals surface area contributed by atoms with E-state index in [0.717, 1.165) is 15.9 Å². The van der Waals surface area contributed by atoms with E-state index in [1.807, 2.05) is 6.92 Å². The molecule has 1 aromatic heterocycles. The molecule has 0 saturated carbocycles. The van der Waals surface area contributed by atoms with E-state index in [9.17, 15) is 13.2 Å². The summed E-state index contributed by atoms with van der Waals surface area (Å²) < 4.78 is 32.0. The minimum Gasteiger partial charge on any atom is -0.455 e. The van der Waals surface area contributed by atoms with Gasteiger partial charge in [-0.1, -0.05) is 13.0 Å². The lowest BCUT2D eigenvalue weighted by molar-refractivity contribution is 0.258. The monoisotopic (exact) mass is 401 g/mol. The van der Waals surface area contributed by atoms with E-state index in [4.69, 9.17) is 15.4 Å². The first kappa shape index (κ1) is 19.4. The second kappa shape index (κ2) is 8.93. The molecule has 2 N–H and O–H groups in total. The zero-order valence-corrected chi connectivity index (χ0v) is 15.6. The number of amides is 1. The fourth-order valence-corrected chi connectivity index (χ4v) is 3.18. The van der Waals surface area contributed by atoms with Crippen molar-refractivity contribution in [3.8, 4) is 11.5 Å². The van der Waals surface area contributed by atoms with Gasteiger partial charge in [0.15, 0.2) is 5.75 Å². The average Bonchev–Trinajstić information content (AvgIpc) is 2.61. The number of carbonyl (C=O) groups is 1. The largest absolute Gasteiger partial charge is 0.455 e. The Kier molecular flexibility index (Phi) is 6.91. The molecule has 0 radical (unpaired) electrons. The van der Waals surface area contributed by atoms with Gasteiger partial charge in [-0.05, 0) is 46.3 Å². The first-order valence-electron chi connectivity index (χ1n) is 7.27. The molecule has 7 nitrogen and oxygen atoms in total. The summed E-state index contributed by atoms with van der Waals surface area (Å²) in [7, 11) is 2.49. The topological polar surface area (TPSA) is 97.4 Å². The Bertz CT molecular complexity index is 846. The highest BCUT2D eigenvalue weighted by Gasteiger charge is 2.23. The molecular formula is C15H16ClN3O4S2. The number of anilines is 1. The van der Waals surface area contributed by atoms with Crippen molar-refractivity contribution in [3.63, 3.8) is 0 Å². The SMILES string of the molecule is CCCNC(=O)S(=O)(=O)Nc1cnccc1Oc1cccc(SCl)c1. The van der Waals surface area contributed by atoms with E-state index >= 15 is 0 Å². The predicted molar refractivity (Wildman–Crippen MR) is 98.7 cm³/mol. The van der Waals surface area contributed by atoms with E-state index in [0.29, 0.717) is 12.2 Å². The fourth-order valence-electron chi connectivity index (χ4n) is 1.77. The number of aromatic nitrogens is 1. The molecule has 25 heavy (non-hydrogen) atoms. The highest BCUT2D eigenvalue weighted by molar-refractivity contribution is 8.21. The highest BCUT2D eigenvalue weighted by atomic mass is 35.7. The third-order valence-electron chi connectivity index (χ3n) is 2.91. The fraction of sp³-hybridized carbons (Fsp3) is 0.200.